The number of nitrogens with zero attached hydrogens (tertiary/aromatic N) is 2. The van der Waals surface area contributed by atoms with E-state index in [1.807, 2.05) is 38.1 Å². The van der Waals surface area contributed by atoms with E-state index in [1.165, 1.54) is 12.6 Å². The highest BCUT2D eigenvalue weighted by atomic mass is 16.3. The van der Waals surface area contributed by atoms with Crippen LogP contribution in [0.2, 0.25) is 0 Å². The molecule has 0 aliphatic rings. The van der Waals surface area contributed by atoms with Crippen molar-refractivity contribution in [2.75, 3.05) is 11.4 Å². The Balaban J connectivity index is 2.31. The zero-order valence-electron chi connectivity index (χ0n) is 9.88. The monoisotopic (exact) mass is 230 g/mol. The Labute approximate surface area is 99.9 Å². The molecule has 2 rings (SSSR count). The summed E-state index contributed by atoms with van der Waals surface area (Å²) >= 11 is 0. The number of hydrogen-bond acceptors (Lipinski definition) is 3. The maximum atomic E-state index is 12.1. The molecule has 1 aromatic heterocycles. The van der Waals surface area contributed by atoms with Crippen LogP contribution in [0.15, 0.2) is 41.3 Å². The van der Waals surface area contributed by atoms with E-state index in [0.29, 0.717) is 6.54 Å². The van der Waals surface area contributed by atoms with Crippen LogP contribution in [0.4, 0.5) is 5.69 Å². The number of anilines is 1. The second kappa shape index (κ2) is 4.82. The molecule has 2 aromatic rings. The second-order valence-electron chi connectivity index (χ2n) is 3.75. The van der Waals surface area contributed by atoms with Crippen LogP contribution in [0.3, 0.4) is 0 Å². The first-order valence-corrected chi connectivity index (χ1v) is 5.49. The number of oxazole rings is 1. The zero-order chi connectivity index (χ0) is 12.3. The predicted molar refractivity (Wildman–Crippen MR) is 65.0 cm³/mol. The molecule has 0 atom stereocenters. The number of carbonyl (C=O) groups is 1. The lowest BCUT2D eigenvalue weighted by Crippen LogP contribution is -2.30. The lowest BCUT2D eigenvalue weighted by atomic mass is 10.2. The molecule has 4 nitrogen and oxygen atoms in total. The molecular formula is C13H14N2O2. The summed E-state index contributed by atoms with van der Waals surface area (Å²) in [4.78, 5) is 17.6. The fourth-order valence-electron chi connectivity index (χ4n) is 1.69. The second-order valence-corrected chi connectivity index (χ2v) is 3.75. The van der Waals surface area contributed by atoms with Crippen LogP contribution in [0.5, 0.6) is 0 Å². The Hall–Kier alpha value is -2.10. The molecule has 17 heavy (non-hydrogen) atoms. The quantitative estimate of drug-likeness (QED) is 0.814. The molecule has 0 unspecified atom stereocenters. The van der Waals surface area contributed by atoms with Crippen LogP contribution in [-0.4, -0.2) is 17.4 Å². The van der Waals surface area contributed by atoms with Gasteiger partial charge < -0.3 is 9.32 Å². The Bertz CT molecular complexity index is 506. The third-order valence-electron chi connectivity index (χ3n) is 2.52. The maximum absolute atomic E-state index is 12.1. The first-order chi connectivity index (χ1) is 8.22. The lowest BCUT2D eigenvalue weighted by Gasteiger charge is -2.19. The molecule has 0 bridgehead atoms. The molecular weight excluding hydrogens is 216 g/mol. The largest absolute Gasteiger partial charge is 0.438 e. The molecule has 0 spiro atoms. The fraction of sp³-hybridized carbons (Fsp3) is 0.231. The molecule has 88 valence electrons. The third-order valence-corrected chi connectivity index (χ3v) is 2.52. The van der Waals surface area contributed by atoms with E-state index in [-0.39, 0.29) is 11.7 Å². The first-order valence-electron chi connectivity index (χ1n) is 5.49. The van der Waals surface area contributed by atoms with Gasteiger partial charge in [-0.25, -0.2) is 4.98 Å². The number of rotatable bonds is 3. The third kappa shape index (κ3) is 2.36. The van der Waals surface area contributed by atoms with Crippen LogP contribution in [0.1, 0.15) is 23.0 Å². The number of aryl methyl sites for hydroxylation is 1. The van der Waals surface area contributed by atoms with Crippen molar-refractivity contribution >= 4 is 11.6 Å². The van der Waals surface area contributed by atoms with Gasteiger partial charge in [-0.3, -0.25) is 4.79 Å². The summed E-state index contributed by atoms with van der Waals surface area (Å²) in [7, 11) is 0. The zero-order valence-corrected chi connectivity index (χ0v) is 9.88. The Morgan fingerprint density at radius 1 is 1.47 bits per heavy atom. The minimum absolute atomic E-state index is 0.171. The summed E-state index contributed by atoms with van der Waals surface area (Å²) in [5.41, 5.74) is 1.99. The van der Waals surface area contributed by atoms with Crippen molar-refractivity contribution in [1.29, 1.82) is 0 Å². The van der Waals surface area contributed by atoms with Crippen LogP contribution in [0.25, 0.3) is 0 Å². The SMILES string of the molecule is CCN(C(=O)c1cnco1)c1cccc(C)c1. The number of aromatic nitrogens is 1. The summed E-state index contributed by atoms with van der Waals surface area (Å²) in [5.74, 6) is 0.0870. The van der Waals surface area contributed by atoms with Gasteiger partial charge in [-0.05, 0) is 31.5 Å². The van der Waals surface area contributed by atoms with Gasteiger partial charge in [0, 0.05) is 12.2 Å². The average molecular weight is 230 g/mol. The van der Waals surface area contributed by atoms with Crippen molar-refractivity contribution in [3.05, 3.63) is 48.2 Å². The highest BCUT2D eigenvalue weighted by molar-refractivity contribution is 6.03. The Kier molecular flexibility index (Phi) is 3.23. The van der Waals surface area contributed by atoms with Gasteiger partial charge in [-0.15, -0.1) is 0 Å². The van der Waals surface area contributed by atoms with Crippen molar-refractivity contribution in [3.63, 3.8) is 0 Å². The summed E-state index contributed by atoms with van der Waals surface area (Å²) in [6.45, 7) is 4.51. The van der Waals surface area contributed by atoms with E-state index in [1.54, 1.807) is 4.90 Å². The molecule has 1 heterocycles. The van der Waals surface area contributed by atoms with Gasteiger partial charge in [0.15, 0.2) is 6.39 Å². The van der Waals surface area contributed by atoms with Crippen molar-refractivity contribution in [2.24, 2.45) is 0 Å². The van der Waals surface area contributed by atoms with Gasteiger partial charge in [-0.2, -0.15) is 0 Å². The lowest BCUT2D eigenvalue weighted by molar-refractivity contribution is 0.0961. The number of carbonyl (C=O) groups excluding carboxylic acids is 1. The summed E-state index contributed by atoms with van der Waals surface area (Å²) in [6, 6.07) is 7.81. The topological polar surface area (TPSA) is 46.3 Å². The first kappa shape index (κ1) is 11.4. The molecule has 0 saturated heterocycles. The normalized spacial score (nSPS) is 10.2. The highest BCUT2D eigenvalue weighted by Gasteiger charge is 2.18. The maximum Gasteiger partial charge on any atom is 0.295 e. The molecule has 0 radical (unpaired) electrons. The molecule has 0 N–H and O–H groups in total. The van der Waals surface area contributed by atoms with Gasteiger partial charge in [0.25, 0.3) is 5.91 Å². The summed E-state index contributed by atoms with van der Waals surface area (Å²) < 4.78 is 5.03. The van der Waals surface area contributed by atoms with E-state index < -0.39 is 0 Å². The smallest absolute Gasteiger partial charge is 0.295 e. The number of amides is 1. The van der Waals surface area contributed by atoms with Gasteiger partial charge >= 0.3 is 0 Å². The van der Waals surface area contributed by atoms with Crippen LogP contribution in [-0.2, 0) is 0 Å². The predicted octanol–water partition coefficient (Wildman–Crippen LogP) is 2.65. The Morgan fingerprint density at radius 2 is 2.29 bits per heavy atom. The van der Waals surface area contributed by atoms with E-state index in [9.17, 15) is 4.79 Å². The standard InChI is InChI=1S/C13H14N2O2/c1-3-15(11-6-4-5-10(2)7-11)13(16)12-8-14-9-17-12/h4-9H,3H2,1-2H3. The molecule has 0 aliphatic heterocycles. The number of hydrogen-bond donors (Lipinski definition) is 0. The van der Waals surface area contributed by atoms with Gasteiger partial charge in [0.1, 0.15) is 0 Å². The molecule has 0 aliphatic carbocycles. The van der Waals surface area contributed by atoms with Crippen LogP contribution >= 0.6 is 0 Å². The van der Waals surface area contributed by atoms with E-state index in [4.69, 9.17) is 4.42 Å². The fourth-order valence-corrected chi connectivity index (χ4v) is 1.69. The molecule has 1 aromatic carbocycles. The molecule has 4 heteroatoms. The number of benzene rings is 1. The minimum Gasteiger partial charge on any atom is -0.438 e. The minimum atomic E-state index is -0.171. The highest BCUT2D eigenvalue weighted by Crippen LogP contribution is 2.18. The van der Waals surface area contributed by atoms with E-state index in [2.05, 4.69) is 4.98 Å². The van der Waals surface area contributed by atoms with Gasteiger partial charge in [0.05, 0.1) is 6.20 Å². The molecule has 0 fully saturated rings. The van der Waals surface area contributed by atoms with Gasteiger partial charge in [-0.1, -0.05) is 12.1 Å². The molecule has 1 amide bonds. The Morgan fingerprint density at radius 3 is 2.88 bits per heavy atom. The van der Waals surface area contributed by atoms with Crippen molar-refractivity contribution < 1.29 is 9.21 Å². The van der Waals surface area contributed by atoms with E-state index >= 15 is 0 Å². The van der Waals surface area contributed by atoms with Crippen LogP contribution < -0.4 is 4.90 Å². The van der Waals surface area contributed by atoms with Crippen molar-refractivity contribution in [3.8, 4) is 0 Å². The molecule has 0 saturated carbocycles. The average Bonchev–Trinajstić information content (AvgIpc) is 2.83. The van der Waals surface area contributed by atoms with Crippen molar-refractivity contribution in [2.45, 2.75) is 13.8 Å². The summed E-state index contributed by atoms with van der Waals surface area (Å²) in [5, 5.41) is 0. The van der Waals surface area contributed by atoms with E-state index in [0.717, 1.165) is 11.3 Å². The van der Waals surface area contributed by atoms with Gasteiger partial charge in [0.2, 0.25) is 5.76 Å². The summed E-state index contributed by atoms with van der Waals surface area (Å²) in [6.07, 6.45) is 2.69. The van der Waals surface area contributed by atoms with Crippen molar-refractivity contribution in [1.82, 2.24) is 4.98 Å². The van der Waals surface area contributed by atoms with Crippen LogP contribution in [0, 0.1) is 6.92 Å².